The summed E-state index contributed by atoms with van der Waals surface area (Å²) in [5.74, 6) is -0.478. The van der Waals surface area contributed by atoms with E-state index in [4.69, 9.17) is 5.26 Å². The Morgan fingerprint density at radius 3 is 2.39 bits per heavy atom. The van der Waals surface area contributed by atoms with Crippen LogP contribution >= 0.6 is 22.6 Å². The van der Waals surface area contributed by atoms with Crippen LogP contribution in [0, 0.1) is 14.9 Å². The largest absolute Gasteiger partial charge is 0.287 e. The number of benzene rings is 2. The molecule has 31 heavy (non-hydrogen) atoms. The minimum atomic E-state index is -3.94. The Morgan fingerprint density at radius 1 is 1.10 bits per heavy atom. The summed E-state index contributed by atoms with van der Waals surface area (Å²) >= 11 is 2.00. The molecule has 0 radical (unpaired) electrons. The van der Waals surface area contributed by atoms with Crippen molar-refractivity contribution in [2.24, 2.45) is 0 Å². The third-order valence-electron chi connectivity index (χ3n) is 4.60. The molecule has 0 spiro atoms. The Kier molecular flexibility index (Phi) is 6.48. The Morgan fingerprint density at radius 2 is 1.77 bits per heavy atom. The van der Waals surface area contributed by atoms with E-state index in [1.54, 1.807) is 48.5 Å². The van der Waals surface area contributed by atoms with Gasteiger partial charge < -0.3 is 0 Å². The Bertz CT molecular complexity index is 1290. The molecule has 0 atom stereocenters. The van der Waals surface area contributed by atoms with Crippen LogP contribution in [-0.4, -0.2) is 19.2 Å². The smallest absolute Gasteiger partial charge is 0.261 e. The van der Waals surface area contributed by atoms with Gasteiger partial charge in [0.2, 0.25) is 5.78 Å². The summed E-state index contributed by atoms with van der Waals surface area (Å²) in [6.07, 6.45) is 1.48. The van der Waals surface area contributed by atoms with Gasteiger partial charge in [0, 0.05) is 15.3 Å². The molecule has 3 rings (SSSR count). The van der Waals surface area contributed by atoms with Crippen molar-refractivity contribution in [1.29, 1.82) is 5.26 Å². The van der Waals surface area contributed by atoms with Gasteiger partial charge in [0.05, 0.1) is 22.2 Å². The highest BCUT2D eigenvalue weighted by Crippen LogP contribution is 2.26. The predicted molar refractivity (Wildman–Crippen MR) is 127 cm³/mol. The molecule has 1 aromatic heterocycles. The molecule has 0 aliphatic heterocycles. The number of nitrogens with one attached hydrogen (secondary N) is 1. The maximum atomic E-state index is 13.0. The second-order valence-electron chi connectivity index (χ2n) is 7.95. The number of aromatic nitrogens is 1. The first-order valence-electron chi connectivity index (χ1n) is 9.35. The second kappa shape index (κ2) is 8.77. The fraction of sp³-hybridized carbons (Fsp3) is 0.174. The first-order valence-corrected chi connectivity index (χ1v) is 11.9. The van der Waals surface area contributed by atoms with E-state index >= 15 is 0 Å². The van der Waals surface area contributed by atoms with E-state index in [1.165, 1.54) is 12.3 Å². The maximum Gasteiger partial charge on any atom is 0.261 e. The first kappa shape index (κ1) is 22.9. The lowest BCUT2D eigenvalue weighted by atomic mass is 9.87. The lowest BCUT2D eigenvalue weighted by molar-refractivity contribution is 0.103. The topological polar surface area (TPSA) is 99.9 Å². The summed E-state index contributed by atoms with van der Waals surface area (Å²) in [7, 11) is -3.94. The van der Waals surface area contributed by atoms with Crippen LogP contribution in [0.2, 0.25) is 0 Å². The van der Waals surface area contributed by atoms with Gasteiger partial charge in [-0.25, -0.2) is 13.4 Å². The zero-order valence-corrected chi connectivity index (χ0v) is 20.2. The summed E-state index contributed by atoms with van der Waals surface area (Å²) in [5.41, 5.74) is 1.53. The summed E-state index contributed by atoms with van der Waals surface area (Å²) in [6, 6.07) is 16.4. The molecule has 1 heterocycles. The highest BCUT2D eigenvalue weighted by molar-refractivity contribution is 14.1. The van der Waals surface area contributed by atoms with Crippen molar-refractivity contribution in [1.82, 2.24) is 4.98 Å². The Balaban J connectivity index is 1.99. The average Bonchev–Trinajstić information content (AvgIpc) is 2.72. The fourth-order valence-electron chi connectivity index (χ4n) is 2.90. The number of hydrogen-bond acceptors (Lipinski definition) is 5. The van der Waals surface area contributed by atoms with Gasteiger partial charge in [0.15, 0.2) is 0 Å². The first-order chi connectivity index (χ1) is 14.5. The number of sulfonamides is 1. The van der Waals surface area contributed by atoms with Gasteiger partial charge in [0.1, 0.15) is 5.69 Å². The van der Waals surface area contributed by atoms with Crippen LogP contribution in [0.25, 0.3) is 0 Å². The monoisotopic (exact) mass is 545 g/mol. The van der Waals surface area contributed by atoms with Gasteiger partial charge in [-0.2, -0.15) is 5.26 Å². The SMILES string of the molecule is CC(C)(C)c1ccc(S(=O)(=O)Nc2cc(I)cnc2C(=O)c2cccc(C#N)c2)cc1. The number of carbonyl (C=O) groups excluding carboxylic acids is 1. The van der Waals surface area contributed by atoms with Crippen LogP contribution < -0.4 is 4.72 Å². The molecule has 158 valence electrons. The van der Waals surface area contributed by atoms with E-state index in [2.05, 4.69) is 9.71 Å². The Hall–Kier alpha value is -2.77. The highest BCUT2D eigenvalue weighted by Gasteiger charge is 2.22. The van der Waals surface area contributed by atoms with Crippen LogP contribution in [0.1, 0.15) is 48.0 Å². The summed E-state index contributed by atoms with van der Waals surface area (Å²) < 4.78 is 29.1. The number of nitrogens with zero attached hydrogens (tertiary/aromatic N) is 2. The summed E-state index contributed by atoms with van der Waals surface area (Å²) in [6.45, 7) is 6.14. The third kappa shape index (κ3) is 5.29. The molecule has 0 unspecified atom stereocenters. The third-order valence-corrected chi connectivity index (χ3v) is 6.57. The zero-order chi connectivity index (χ0) is 22.8. The number of hydrogen-bond donors (Lipinski definition) is 1. The number of halogens is 1. The molecule has 0 fully saturated rings. The molecular weight excluding hydrogens is 525 g/mol. The molecule has 0 aliphatic carbocycles. The number of nitriles is 1. The van der Waals surface area contributed by atoms with E-state index in [1.807, 2.05) is 49.4 Å². The van der Waals surface area contributed by atoms with Crippen molar-refractivity contribution in [2.45, 2.75) is 31.1 Å². The minimum Gasteiger partial charge on any atom is -0.287 e. The predicted octanol–water partition coefficient (Wildman–Crippen LogP) is 4.89. The van der Waals surface area contributed by atoms with Crippen molar-refractivity contribution in [2.75, 3.05) is 4.72 Å². The number of anilines is 1. The van der Waals surface area contributed by atoms with Crippen molar-refractivity contribution in [3.05, 3.63) is 86.7 Å². The van der Waals surface area contributed by atoms with Crippen LogP contribution in [-0.2, 0) is 15.4 Å². The average molecular weight is 545 g/mol. The van der Waals surface area contributed by atoms with Crippen LogP contribution in [0.15, 0.2) is 65.7 Å². The molecule has 0 amide bonds. The van der Waals surface area contributed by atoms with Crippen molar-refractivity contribution in [3.63, 3.8) is 0 Å². The van der Waals surface area contributed by atoms with Gasteiger partial charge in [-0.1, -0.05) is 45.0 Å². The van der Waals surface area contributed by atoms with Gasteiger partial charge in [0.25, 0.3) is 10.0 Å². The highest BCUT2D eigenvalue weighted by atomic mass is 127. The van der Waals surface area contributed by atoms with E-state index < -0.39 is 15.8 Å². The van der Waals surface area contributed by atoms with Gasteiger partial charge in [-0.15, -0.1) is 0 Å². The van der Waals surface area contributed by atoms with Crippen molar-refractivity contribution in [3.8, 4) is 6.07 Å². The quantitative estimate of drug-likeness (QED) is 0.364. The lowest BCUT2D eigenvalue weighted by Crippen LogP contribution is -2.18. The molecule has 0 bridgehead atoms. The van der Waals surface area contributed by atoms with Gasteiger partial charge in [-0.3, -0.25) is 9.52 Å². The Labute approximate surface area is 195 Å². The van der Waals surface area contributed by atoms with E-state index in [9.17, 15) is 13.2 Å². The molecule has 0 saturated carbocycles. The number of rotatable bonds is 5. The van der Waals surface area contributed by atoms with Gasteiger partial charge >= 0.3 is 0 Å². The molecule has 8 heteroatoms. The standard InChI is InChI=1S/C23H20IN3O3S/c1-23(2,3)17-7-9-19(10-8-17)31(29,30)27-20-12-18(24)14-26-21(20)22(28)16-6-4-5-15(11-16)13-25/h4-12,14,27H,1-3H3. The lowest BCUT2D eigenvalue weighted by Gasteiger charge is -2.19. The van der Waals surface area contributed by atoms with Gasteiger partial charge in [-0.05, 0) is 63.9 Å². The molecule has 0 saturated heterocycles. The molecule has 6 nitrogen and oxygen atoms in total. The summed E-state index contributed by atoms with van der Waals surface area (Å²) in [5, 5.41) is 9.08. The van der Waals surface area contributed by atoms with Crippen molar-refractivity contribution < 1.29 is 13.2 Å². The minimum absolute atomic E-state index is 0.0367. The van der Waals surface area contributed by atoms with Crippen molar-refractivity contribution >= 4 is 44.1 Å². The molecular formula is C23H20IN3O3S. The zero-order valence-electron chi connectivity index (χ0n) is 17.2. The number of pyridine rings is 1. The van der Waals surface area contributed by atoms with Crippen LogP contribution in [0.4, 0.5) is 5.69 Å². The number of carbonyl (C=O) groups is 1. The van der Waals surface area contributed by atoms with E-state index in [-0.39, 0.29) is 27.3 Å². The van der Waals surface area contributed by atoms with E-state index in [0.29, 0.717) is 9.13 Å². The second-order valence-corrected chi connectivity index (χ2v) is 10.9. The van der Waals surface area contributed by atoms with Crippen LogP contribution in [0.3, 0.4) is 0 Å². The fourth-order valence-corrected chi connectivity index (χ4v) is 4.41. The molecule has 0 aliphatic rings. The normalized spacial score (nSPS) is 11.6. The molecule has 1 N–H and O–H groups in total. The maximum absolute atomic E-state index is 13.0. The van der Waals surface area contributed by atoms with E-state index in [0.717, 1.165) is 5.56 Å². The van der Waals surface area contributed by atoms with Crippen LogP contribution in [0.5, 0.6) is 0 Å². The molecule has 2 aromatic carbocycles. The number of ketones is 1. The summed E-state index contributed by atoms with van der Waals surface area (Å²) in [4.78, 5) is 17.3. The molecule has 3 aromatic rings.